The van der Waals surface area contributed by atoms with E-state index in [1.54, 1.807) is 10.9 Å². The summed E-state index contributed by atoms with van der Waals surface area (Å²) in [6.45, 7) is 1.85. The molecule has 0 saturated heterocycles. The number of nitrogens with zero attached hydrogens (tertiary/aromatic N) is 3. The van der Waals surface area contributed by atoms with Gasteiger partial charge in [0.1, 0.15) is 17.5 Å². The molecule has 0 bridgehead atoms. The minimum absolute atomic E-state index is 0.363. The van der Waals surface area contributed by atoms with Crippen LogP contribution >= 0.6 is 11.6 Å². The summed E-state index contributed by atoms with van der Waals surface area (Å²) in [5.41, 5.74) is 0. The van der Waals surface area contributed by atoms with E-state index in [0.717, 1.165) is 5.82 Å². The Morgan fingerprint density at radius 1 is 1.59 bits per heavy atom. The molecule has 0 spiro atoms. The number of carbonyl (C=O) groups is 2. The summed E-state index contributed by atoms with van der Waals surface area (Å²) in [5, 5.41) is 11.5. The lowest BCUT2D eigenvalue weighted by Gasteiger charge is -2.07. The van der Waals surface area contributed by atoms with Gasteiger partial charge in [-0.15, -0.1) is 21.8 Å². The first-order valence-electron chi connectivity index (χ1n) is 5.06. The van der Waals surface area contributed by atoms with Gasteiger partial charge in [-0.3, -0.25) is 10.1 Å². The number of carbonyl (C=O) groups excluding carboxylic acids is 2. The maximum atomic E-state index is 11.2. The second kappa shape index (κ2) is 6.19. The number of aryl methyl sites for hydroxylation is 1. The SMILES string of the molecule is CC(Cl)C(=O)NC(=O)NCCc1nncn1C. The van der Waals surface area contributed by atoms with Crippen LogP contribution in [0, 0.1) is 0 Å². The molecule has 17 heavy (non-hydrogen) atoms. The van der Waals surface area contributed by atoms with Crippen molar-refractivity contribution in [1.82, 2.24) is 25.4 Å². The molecule has 1 unspecified atom stereocenters. The zero-order chi connectivity index (χ0) is 12.8. The molecule has 0 saturated carbocycles. The number of rotatable bonds is 4. The van der Waals surface area contributed by atoms with Crippen LogP contribution in [0.25, 0.3) is 0 Å². The van der Waals surface area contributed by atoms with Crippen LogP contribution in [0.1, 0.15) is 12.7 Å². The standard InChI is InChI=1S/C9H14ClN5O2/c1-6(10)8(16)13-9(17)11-4-3-7-14-12-5-15(7)2/h5-6H,3-4H2,1-2H3,(H2,11,13,16,17). The van der Waals surface area contributed by atoms with Gasteiger partial charge in [0.05, 0.1) is 0 Å². The molecule has 1 heterocycles. The maximum absolute atomic E-state index is 11.2. The minimum atomic E-state index is -0.737. The van der Waals surface area contributed by atoms with Crippen LogP contribution in [0.5, 0.6) is 0 Å². The van der Waals surface area contributed by atoms with Crippen molar-refractivity contribution >= 4 is 23.5 Å². The molecule has 94 valence electrons. The monoisotopic (exact) mass is 259 g/mol. The van der Waals surface area contributed by atoms with Crippen molar-refractivity contribution in [1.29, 1.82) is 0 Å². The molecule has 1 aromatic heterocycles. The minimum Gasteiger partial charge on any atom is -0.337 e. The summed E-state index contributed by atoms with van der Waals surface area (Å²) < 4.78 is 1.76. The van der Waals surface area contributed by atoms with E-state index < -0.39 is 17.3 Å². The molecule has 0 aliphatic heterocycles. The van der Waals surface area contributed by atoms with E-state index in [2.05, 4.69) is 20.8 Å². The second-order valence-corrected chi connectivity index (χ2v) is 4.12. The van der Waals surface area contributed by atoms with Crippen molar-refractivity contribution < 1.29 is 9.59 Å². The fourth-order valence-corrected chi connectivity index (χ4v) is 1.13. The molecule has 0 aromatic carbocycles. The summed E-state index contributed by atoms with van der Waals surface area (Å²) in [7, 11) is 1.81. The Kier molecular flexibility index (Phi) is 4.89. The molecule has 7 nitrogen and oxygen atoms in total. The lowest BCUT2D eigenvalue weighted by Crippen LogP contribution is -2.42. The van der Waals surface area contributed by atoms with Crippen LogP contribution in [-0.4, -0.2) is 38.6 Å². The summed E-state index contributed by atoms with van der Waals surface area (Å²) in [6, 6.07) is -0.565. The summed E-state index contributed by atoms with van der Waals surface area (Å²) in [6.07, 6.45) is 2.11. The number of halogens is 1. The number of nitrogens with one attached hydrogen (secondary N) is 2. The van der Waals surface area contributed by atoms with Crippen LogP contribution in [0.3, 0.4) is 0 Å². The molecule has 3 amide bonds. The van der Waals surface area contributed by atoms with Crippen molar-refractivity contribution in [3.05, 3.63) is 12.2 Å². The highest BCUT2D eigenvalue weighted by molar-refractivity contribution is 6.31. The van der Waals surface area contributed by atoms with Gasteiger partial charge in [0.25, 0.3) is 0 Å². The molecule has 2 N–H and O–H groups in total. The van der Waals surface area contributed by atoms with Crippen molar-refractivity contribution in [2.24, 2.45) is 7.05 Å². The predicted molar refractivity (Wildman–Crippen MR) is 61.6 cm³/mol. The van der Waals surface area contributed by atoms with Gasteiger partial charge in [0.2, 0.25) is 5.91 Å². The highest BCUT2D eigenvalue weighted by Crippen LogP contribution is 1.93. The number of imide groups is 1. The molecule has 0 aliphatic rings. The van der Waals surface area contributed by atoms with Crippen LogP contribution in [0.2, 0.25) is 0 Å². The van der Waals surface area contributed by atoms with Gasteiger partial charge in [-0.25, -0.2) is 4.79 Å². The topological polar surface area (TPSA) is 88.9 Å². The van der Waals surface area contributed by atoms with Crippen molar-refractivity contribution in [3.63, 3.8) is 0 Å². The number of hydrogen-bond acceptors (Lipinski definition) is 4. The lowest BCUT2D eigenvalue weighted by molar-refractivity contribution is -0.119. The Balaban J connectivity index is 2.25. The fourth-order valence-electron chi connectivity index (χ4n) is 1.08. The average molecular weight is 260 g/mol. The van der Waals surface area contributed by atoms with Crippen LogP contribution in [0.4, 0.5) is 4.79 Å². The smallest absolute Gasteiger partial charge is 0.321 e. The summed E-state index contributed by atoms with van der Waals surface area (Å²) in [4.78, 5) is 22.3. The van der Waals surface area contributed by atoms with Crippen molar-refractivity contribution in [2.75, 3.05) is 6.54 Å². The Morgan fingerprint density at radius 3 is 2.82 bits per heavy atom. The third kappa shape index (κ3) is 4.39. The van der Waals surface area contributed by atoms with Gasteiger partial charge in [0.15, 0.2) is 0 Å². The highest BCUT2D eigenvalue weighted by Gasteiger charge is 2.12. The normalized spacial score (nSPS) is 11.9. The summed E-state index contributed by atoms with van der Waals surface area (Å²) in [5.74, 6) is 0.227. The van der Waals surface area contributed by atoms with Gasteiger partial charge in [-0.1, -0.05) is 0 Å². The largest absolute Gasteiger partial charge is 0.337 e. The van der Waals surface area contributed by atoms with Crippen molar-refractivity contribution in [2.45, 2.75) is 18.7 Å². The van der Waals surface area contributed by atoms with Crippen molar-refractivity contribution in [3.8, 4) is 0 Å². The molecule has 8 heteroatoms. The van der Waals surface area contributed by atoms with Gasteiger partial charge in [0, 0.05) is 20.0 Å². The number of alkyl halides is 1. The summed E-state index contributed by atoms with van der Waals surface area (Å²) >= 11 is 5.49. The zero-order valence-corrected chi connectivity index (χ0v) is 10.4. The Labute approximate surface area is 104 Å². The Morgan fingerprint density at radius 2 is 2.29 bits per heavy atom. The van der Waals surface area contributed by atoms with E-state index in [9.17, 15) is 9.59 Å². The molecule has 0 radical (unpaired) electrons. The van der Waals surface area contributed by atoms with E-state index in [4.69, 9.17) is 11.6 Å². The second-order valence-electron chi connectivity index (χ2n) is 3.47. The Bertz CT molecular complexity index is 404. The Hall–Kier alpha value is -1.63. The van der Waals surface area contributed by atoms with E-state index >= 15 is 0 Å². The zero-order valence-electron chi connectivity index (χ0n) is 9.61. The molecule has 0 fully saturated rings. The van der Waals surface area contributed by atoms with E-state index in [1.165, 1.54) is 6.92 Å². The van der Waals surface area contributed by atoms with Crippen LogP contribution in [-0.2, 0) is 18.3 Å². The lowest BCUT2D eigenvalue weighted by atomic mass is 10.4. The first kappa shape index (κ1) is 13.4. The molecular weight excluding hydrogens is 246 g/mol. The first-order chi connectivity index (χ1) is 8.00. The molecule has 1 aromatic rings. The maximum Gasteiger partial charge on any atom is 0.321 e. The van der Waals surface area contributed by atoms with E-state index in [-0.39, 0.29) is 0 Å². The average Bonchev–Trinajstić information content (AvgIpc) is 2.64. The molecular formula is C9H14ClN5O2. The third-order valence-corrected chi connectivity index (χ3v) is 2.24. The van der Waals surface area contributed by atoms with Gasteiger partial charge in [-0.2, -0.15) is 0 Å². The van der Waals surface area contributed by atoms with Gasteiger partial charge >= 0.3 is 6.03 Å². The van der Waals surface area contributed by atoms with Gasteiger partial charge < -0.3 is 9.88 Å². The number of urea groups is 1. The molecule has 0 aliphatic carbocycles. The molecule has 1 atom stereocenters. The van der Waals surface area contributed by atoms with E-state index in [1.807, 2.05) is 7.05 Å². The van der Waals surface area contributed by atoms with Crippen LogP contribution < -0.4 is 10.6 Å². The quantitative estimate of drug-likeness (QED) is 0.734. The number of amides is 3. The van der Waals surface area contributed by atoms with E-state index in [0.29, 0.717) is 13.0 Å². The predicted octanol–water partition coefficient (Wildman–Crippen LogP) is -0.189. The number of hydrogen-bond donors (Lipinski definition) is 2. The fraction of sp³-hybridized carbons (Fsp3) is 0.556. The van der Waals surface area contributed by atoms with Crippen LogP contribution in [0.15, 0.2) is 6.33 Å². The number of aromatic nitrogens is 3. The van der Waals surface area contributed by atoms with Gasteiger partial charge in [-0.05, 0) is 6.92 Å². The highest BCUT2D eigenvalue weighted by atomic mass is 35.5. The first-order valence-corrected chi connectivity index (χ1v) is 5.50. The molecule has 1 rings (SSSR count). The third-order valence-electron chi connectivity index (χ3n) is 2.04.